The Morgan fingerprint density at radius 3 is 2.70 bits per heavy atom. The van der Waals surface area contributed by atoms with Crippen LogP contribution in [0.3, 0.4) is 0 Å². The fourth-order valence-electron chi connectivity index (χ4n) is 2.48. The topological polar surface area (TPSA) is 43.8 Å². The van der Waals surface area contributed by atoms with E-state index in [1.807, 2.05) is 30.7 Å². The second-order valence-corrected chi connectivity index (χ2v) is 6.13. The van der Waals surface area contributed by atoms with E-state index in [2.05, 4.69) is 36.4 Å². The molecule has 0 saturated carbocycles. The van der Waals surface area contributed by atoms with Gasteiger partial charge in [-0.3, -0.25) is 0 Å². The van der Waals surface area contributed by atoms with Crippen LogP contribution in [0.2, 0.25) is 5.02 Å². The lowest BCUT2D eigenvalue weighted by atomic mass is 10.0. The highest BCUT2D eigenvalue weighted by molar-refractivity contribution is 6.30. The van der Waals surface area contributed by atoms with E-state index in [0.717, 1.165) is 22.7 Å². The van der Waals surface area contributed by atoms with Gasteiger partial charge in [-0.2, -0.15) is 0 Å². The van der Waals surface area contributed by atoms with Crippen molar-refractivity contribution in [2.45, 2.75) is 39.3 Å². The first-order chi connectivity index (χ1) is 9.49. The first kappa shape index (κ1) is 15.1. The smallest absolute Gasteiger partial charge is 0.0954 e. The lowest BCUT2D eigenvalue weighted by molar-refractivity contribution is 0.475. The molecule has 0 aliphatic rings. The molecule has 0 aliphatic carbocycles. The van der Waals surface area contributed by atoms with Gasteiger partial charge in [0.15, 0.2) is 0 Å². The first-order valence-corrected chi connectivity index (χ1v) is 7.39. The molecular weight excluding hydrogens is 270 g/mol. The lowest BCUT2D eigenvalue weighted by Gasteiger charge is -2.21. The average molecular weight is 292 g/mol. The third kappa shape index (κ3) is 3.41. The molecule has 20 heavy (non-hydrogen) atoms. The maximum atomic E-state index is 6.30. The van der Waals surface area contributed by atoms with Crippen molar-refractivity contribution in [1.82, 2.24) is 9.55 Å². The fourth-order valence-corrected chi connectivity index (χ4v) is 2.68. The summed E-state index contributed by atoms with van der Waals surface area (Å²) in [7, 11) is 0. The Morgan fingerprint density at radius 2 is 2.05 bits per heavy atom. The van der Waals surface area contributed by atoms with Crippen LogP contribution < -0.4 is 5.73 Å². The molecule has 0 radical (unpaired) electrons. The van der Waals surface area contributed by atoms with E-state index < -0.39 is 0 Å². The SMILES string of the molecule is CC(C)CC(N)c1cncn1C(C)c1cccc(Cl)c1. The number of rotatable bonds is 5. The number of hydrogen-bond acceptors (Lipinski definition) is 2. The van der Waals surface area contributed by atoms with E-state index in [4.69, 9.17) is 17.3 Å². The molecule has 1 aromatic heterocycles. The number of nitrogens with two attached hydrogens (primary N) is 1. The van der Waals surface area contributed by atoms with Crippen LogP contribution in [0.4, 0.5) is 0 Å². The van der Waals surface area contributed by atoms with Crippen molar-refractivity contribution in [2.75, 3.05) is 0 Å². The van der Waals surface area contributed by atoms with Crippen LogP contribution in [-0.4, -0.2) is 9.55 Å². The highest BCUT2D eigenvalue weighted by Crippen LogP contribution is 2.26. The van der Waals surface area contributed by atoms with Gasteiger partial charge in [0.25, 0.3) is 0 Å². The van der Waals surface area contributed by atoms with Crippen molar-refractivity contribution < 1.29 is 0 Å². The zero-order valence-corrected chi connectivity index (χ0v) is 13.0. The molecule has 0 saturated heterocycles. The summed E-state index contributed by atoms with van der Waals surface area (Å²) >= 11 is 6.07. The van der Waals surface area contributed by atoms with Crippen molar-refractivity contribution in [1.29, 1.82) is 0 Å². The van der Waals surface area contributed by atoms with Gasteiger partial charge >= 0.3 is 0 Å². The van der Waals surface area contributed by atoms with Gasteiger partial charge in [-0.1, -0.05) is 37.6 Å². The van der Waals surface area contributed by atoms with Crippen molar-refractivity contribution in [2.24, 2.45) is 11.7 Å². The van der Waals surface area contributed by atoms with Gasteiger partial charge in [0.2, 0.25) is 0 Å². The van der Waals surface area contributed by atoms with Crippen LogP contribution in [0.1, 0.15) is 50.5 Å². The molecule has 3 nitrogen and oxygen atoms in total. The van der Waals surface area contributed by atoms with Gasteiger partial charge in [-0.25, -0.2) is 4.98 Å². The van der Waals surface area contributed by atoms with Crippen LogP contribution in [0.25, 0.3) is 0 Å². The lowest BCUT2D eigenvalue weighted by Crippen LogP contribution is -2.19. The van der Waals surface area contributed by atoms with Crippen LogP contribution in [0, 0.1) is 5.92 Å². The predicted molar refractivity (Wildman–Crippen MR) is 83.9 cm³/mol. The van der Waals surface area contributed by atoms with E-state index in [-0.39, 0.29) is 12.1 Å². The summed E-state index contributed by atoms with van der Waals surface area (Å²) < 4.78 is 2.14. The molecule has 4 heteroatoms. The number of aromatic nitrogens is 2. The maximum Gasteiger partial charge on any atom is 0.0954 e. The van der Waals surface area contributed by atoms with E-state index in [1.165, 1.54) is 0 Å². The Balaban J connectivity index is 2.27. The minimum atomic E-state index is 0.0131. The Kier molecular flexibility index (Phi) is 4.84. The summed E-state index contributed by atoms with van der Waals surface area (Å²) in [4.78, 5) is 4.27. The molecular formula is C16H22ClN3. The minimum absolute atomic E-state index is 0.0131. The van der Waals surface area contributed by atoms with E-state index in [9.17, 15) is 0 Å². The summed E-state index contributed by atoms with van der Waals surface area (Å²) in [6.45, 7) is 6.50. The summed E-state index contributed by atoms with van der Waals surface area (Å²) in [5, 5.41) is 0.752. The third-order valence-corrected chi connectivity index (χ3v) is 3.78. The largest absolute Gasteiger partial charge is 0.326 e. The van der Waals surface area contributed by atoms with Crippen LogP contribution in [0.5, 0.6) is 0 Å². The van der Waals surface area contributed by atoms with Crippen molar-refractivity contribution in [3.63, 3.8) is 0 Å². The normalized spacial score (nSPS) is 14.5. The maximum absolute atomic E-state index is 6.30. The van der Waals surface area contributed by atoms with Crippen LogP contribution in [-0.2, 0) is 0 Å². The average Bonchev–Trinajstić information content (AvgIpc) is 2.86. The summed E-state index contributed by atoms with van der Waals surface area (Å²) in [6.07, 6.45) is 4.67. The van der Waals surface area contributed by atoms with Gasteiger partial charge in [0, 0.05) is 17.3 Å². The predicted octanol–water partition coefficient (Wildman–Crippen LogP) is 4.19. The third-order valence-electron chi connectivity index (χ3n) is 3.55. The molecule has 2 aromatic rings. The standard InChI is InChI=1S/C16H22ClN3/c1-11(2)7-15(18)16-9-19-10-20(16)12(3)13-5-4-6-14(17)8-13/h4-6,8-12,15H,7,18H2,1-3H3. The van der Waals surface area contributed by atoms with Gasteiger partial charge in [0.05, 0.1) is 18.1 Å². The van der Waals surface area contributed by atoms with Crippen LogP contribution in [0.15, 0.2) is 36.8 Å². The Bertz CT molecular complexity index is 562. The van der Waals surface area contributed by atoms with Crippen molar-refractivity contribution >= 4 is 11.6 Å². The van der Waals surface area contributed by atoms with Gasteiger partial charge in [0.1, 0.15) is 0 Å². The fraction of sp³-hybridized carbons (Fsp3) is 0.438. The molecule has 0 bridgehead atoms. The molecule has 2 atom stereocenters. The van der Waals surface area contributed by atoms with Gasteiger partial charge < -0.3 is 10.3 Å². The van der Waals surface area contributed by atoms with E-state index in [0.29, 0.717) is 5.92 Å². The van der Waals surface area contributed by atoms with E-state index >= 15 is 0 Å². The monoisotopic (exact) mass is 291 g/mol. The molecule has 0 fully saturated rings. The molecule has 0 aliphatic heterocycles. The van der Waals surface area contributed by atoms with Gasteiger partial charge in [-0.05, 0) is 37.0 Å². The first-order valence-electron chi connectivity index (χ1n) is 7.01. The van der Waals surface area contributed by atoms with Crippen LogP contribution >= 0.6 is 11.6 Å². The number of nitrogens with zero attached hydrogens (tertiary/aromatic N) is 2. The van der Waals surface area contributed by atoms with Crippen molar-refractivity contribution in [3.8, 4) is 0 Å². The highest BCUT2D eigenvalue weighted by Gasteiger charge is 2.17. The second kappa shape index (κ2) is 6.42. The number of halogens is 1. The zero-order valence-electron chi connectivity index (χ0n) is 12.3. The molecule has 1 aromatic carbocycles. The van der Waals surface area contributed by atoms with E-state index in [1.54, 1.807) is 0 Å². The molecule has 108 valence electrons. The minimum Gasteiger partial charge on any atom is -0.326 e. The molecule has 0 spiro atoms. The zero-order chi connectivity index (χ0) is 14.7. The molecule has 0 amide bonds. The number of benzene rings is 1. The Morgan fingerprint density at radius 1 is 1.30 bits per heavy atom. The Hall–Kier alpha value is -1.32. The molecule has 2 N–H and O–H groups in total. The second-order valence-electron chi connectivity index (χ2n) is 5.69. The molecule has 2 rings (SSSR count). The summed E-state index contributed by atoms with van der Waals surface area (Å²) in [5.74, 6) is 0.565. The Labute approximate surface area is 125 Å². The number of hydrogen-bond donors (Lipinski definition) is 1. The highest BCUT2D eigenvalue weighted by atomic mass is 35.5. The van der Waals surface area contributed by atoms with Gasteiger partial charge in [-0.15, -0.1) is 0 Å². The molecule has 1 heterocycles. The molecule has 2 unspecified atom stereocenters. The quantitative estimate of drug-likeness (QED) is 0.897. The summed E-state index contributed by atoms with van der Waals surface area (Å²) in [6, 6.07) is 8.11. The summed E-state index contributed by atoms with van der Waals surface area (Å²) in [5.41, 5.74) is 8.54. The number of imidazole rings is 1. The van der Waals surface area contributed by atoms with Crippen molar-refractivity contribution in [3.05, 3.63) is 53.1 Å².